The van der Waals surface area contributed by atoms with Crippen molar-refractivity contribution in [1.29, 1.82) is 0 Å². The van der Waals surface area contributed by atoms with Gasteiger partial charge in [-0.1, -0.05) is 111 Å². The van der Waals surface area contributed by atoms with Crippen LogP contribution in [0.4, 0.5) is 0 Å². The van der Waals surface area contributed by atoms with Crippen molar-refractivity contribution >= 4 is 5.97 Å². The molecule has 0 spiro atoms. The Hall–Kier alpha value is -0.570. The molecule has 0 heterocycles. The van der Waals surface area contributed by atoms with Gasteiger partial charge in [0.25, 0.3) is 0 Å². The first-order valence-corrected chi connectivity index (χ1v) is 15.1. The van der Waals surface area contributed by atoms with Gasteiger partial charge in [0.15, 0.2) is 0 Å². The van der Waals surface area contributed by atoms with Crippen molar-refractivity contribution in [3.8, 4) is 0 Å². The minimum Gasteiger partial charge on any atom is -0.465 e. The van der Waals surface area contributed by atoms with E-state index < -0.39 is 0 Å². The van der Waals surface area contributed by atoms with E-state index in [1.807, 2.05) is 0 Å². The van der Waals surface area contributed by atoms with E-state index in [0.717, 1.165) is 12.8 Å². The molecule has 33 heavy (non-hydrogen) atoms. The van der Waals surface area contributed by atoms with Crippen molar-refractivity contribution in [3.05, 3.63) is 0 Å². The minimum absolute atomic E-state index is 0.0330. The molecule has 0 aromatic heterocycles. The van der Waals surface area contributed by atoms with Gasteiger partial charge in [-0.3, -0.25) is 4.79 Å². The number of rotatable bonds is 26. The number of hydrogen-bond donors (Lipinski definition) is 0. The van der Waals surface area contributed by atoms with E-state index in [2.05, 4.69) is 32.6 Å². The monoisotopic (exact) mass is 467 g/mol. The van der Waals surface area contributed by atoms with Gasteiger partial charge >= 0.3 is 5.97 Å². The fourth-order valence-electron chi connectivity index (χ4n) is 4.66. The zero-order chi connectivity index (χ0) is 24.4. The molecule has 0 aliphatic rings. The molecule has 0 bridgehead atoms. The number of esters is 1. The molecule has 0 fully saturated rings. The van der Waals surface area contributed by atoms with Crippen LogP contribution in [0, 0.1) is 5.92 Å². The molecule has 0 N–H and O–H groups in total. The summed E-state index contributed by atoms with van der Waals surface area (Å²) >= 11 is 0. The van der Waals surface area contributed by atoms with Crippen LogP contribution < -0.4 is 0 Å². The molecule has 3 heteroatoms. The summed E-state index contributed by atoms with van der Waals surface area (Å²) in [6.07, 6.45) is 24.9. The van der Waals surface area contributed by atoms with Crippen molar-refractivity contribution in [2.75, 3.05) is 26.2 Å². The smallest absolute Gasteiger partial charge is 0.305 e. The second-order valence-electron chi connectivity index (χ2n) is 10.3. The molecular weight excluding hydrogens is 406 g/mol. The lowest BCUT2D eigenvalue weighted by Gasteiger charge is -2.21. The number of carbonyl (C=O) groups is 1. The van der Waals surface area contributed by atoms with Gasteiger partial charge in [0, 0.05) is 6.42 Å². The van der Waals surface area contributed by atoms with Crippen molar-refractivity contribution in [3.63, 3.8) is 0 Å². The summed E-state index contributed by atoms with van der Waals surface area (Å²) in [5.41, 5.74) is 0. The Labute approximate surface area is 208 Å². The molecule has 0 aliphatic heterocycles. The van der Waals surface area contributed by atoms with E-state index in [9.17, 15) is 4.79 Å². The highest BCUT2D eigenvalue weighted by atomic mass is 16.5. The Morgan fingerprint density at radius 3 is 1.76 bits per heavy atom. The lowest BCUT2D eigenvalue weighted by Crippen LogP contribution is -2.26. The first-order valence-electron chi connectivity index (χ1n) is 15.1. The highest BCUT2D eigenvalue weighted by Crippen LogP contribution is 2.19. The average Bonchev–Trinajstić information content (AvgIpc) is 2.82. The van der Waals surface area contributed by atoms with E-state index >= 15 is 0 Å². The predicted molar refractivity (Wildman–Crippen MR) is 146 cm³/mol. The quantitative estimate of drug-likeness (QED) is 0.0937. The first-order chi connectivity index (χ1) is 16.2. The van der Waals surface area contributed by atoms with Gasteiger partial charge in [-0.15, -0.1) is 0 Å². The zero-order valence-corrected chi connectivity index (χ0v) is 23.3. The maximum atomic E-state index is 12.3. The van der Waals surface area contributed by atoms with Crippen LogP contribution in [-0.4, -0.2) is 37.1 Å². The van der Waals surface area contributed by atoms with Gasteiger partial charge in [0.2, 0.25) is 0 Å². The largest absolute Gasteiger partial charge is 0.465 e. The molecule has 0 rings (SSSR count). The minimum atomic E-state index is 0.0330. The highest BCUT2D eigenvalue weighted by molar-refractivity contribution is 5.69. The molecule has 0 saturated carbocycles. The summed E-state index contributed by atoms with van der Waals surface area (Å²) in [6.45, 7) is 13.4. The molecule has 198 valence electrons. The third kappa shape index (κ3) is 23.0. The van der Waals surface area contributed by atoms with Crippen LogP contribution in [0.5, 0.6) is 0 Å². The number of ether oxygens (including phenoxy) is 1. The van der Waals surface area contributed by atoms with E-state index in [1.165, 1.54) is 129 Å². The Morgan fingerprint density at radius 1 is 0.576 bits per heavy atom. The van der Waals surface area contributed by atoms with Gasteiger partial charge in [-0.25, -0.2) is 0 Å². The van der Waals surface area contributed by atoms with Crippen molar-refractivity contribution < 1.29 is 9.53 Å². The third-order valence-corrected chi connectivity index (χ3v) is 6.88. The Kier molecular flexibility index (Phi) is 25.6. The molecule has 3 nitrogen and oxygen atoms in total. The summed E-state index contributed by atoms with van der Waals surface area (Å²) in [5.74, 6) is 0.606. The van der Waals surface area contributed by atoms with Crippen LogP contribution in [0.25, 0.3) is 0 Å². The summed E-state index contributed by atoms with van der Waals surface area (Å²) in [6, 6.07) is 0. The molecule has 0 aromatic rings. The maximum absolute atomic E-state index is 12.3. The molecule has 1 atom stereocenters. The highest BCUT2D eigenvalue weighted by Gasteiger charge is 2.12. The molecule has 0 aliphatic carbocycles. The lowest BCUT2D eigenvalue weighted by molar-refractivity contribution is -0.145. The number of nitrogens with zero attached hydrogens (tertiary/aromatic N) is 1. The molecule has 1 unspecified atom stereocenters. The lowest BCUT2D eigenvalue weighted by atomic mass is 9.95. The predicted octanol–water partition coefficient (Wildman–Crippen LogP) is 9.33. The van der Waals surface area contributed by atoms with E-state index in [4.69, 9.17) is 4.74 Å². The fourth-order valence-corrected chi connectivity index (χ4v) is 4.66. The van der Waals surface area contributed by atoms with E-state index in [0.29, 0.717) is 18.9 Å². The Balaban J connectivity index is 3.92. The SMILES string of the molecule is CCCCCCCCCC(CCCCC)COC(=O)CCCCCCN(CCC)CCCC. The first kappa shape index (κ1) is 32.4. The number of unbranched alkanes of at least 4 members (excludes halogenated alkanes) is 12. The van der Waals surface area contributed by atoms with Crippen molar-refractivity contribution in [2.24, 2.45) is 5.92 Å². The standard InChI is InChI=1S/C30H61NO2/c1-5-9-12-13-14-15-19-23-29(22-18-10-6-2)28-33-30(32)24-20-16-17-21-27-31(25-8-4)26-11-7-3/h29H,5-28H2,1-4H3. The average molecular weight is 468 g/mol. The number of carbonyl (C=O) groups excluding carboxylic acids is 1. The molecule has 0 amide bonds. The normalized spacial score (nSPS) is 12.4. The van der Waals surface area contributed by atoms with Crippen molar-refractivity contribution in [1.82, 2.24) is 4.90 Å². The molecule has 0 saturated heterocycles. The van der Waals surface area contributed by atoms with Crippen LogP contribution in [0.2, 0.25) is 0 Å². The van der Waals surface area contributed by atoms with Crippen LogP contribution in [0.3, 0.4) is 0 Å². The summed E-state index contributed by atoms with van der Waals surface area (Å²) in [5, 5.41) is 0. The molecular formula is C30H61NO2. The van der Waals surface area contributed by atoms with Crippen molar-refractivity contribution in [2.45, 2.75) is 156 Å². The van der Waals surface area contributed by atoms with Crippen LogP contribution in [-0.2, 0) is 9.53 Å². The topological polar surface area (TPSA) is 29.5 Å². The van der Waals surface area contributed by atoms with Crippen LogP contribution in [0.1, 0.15) is 156 Å². The molecule has 0 aromatic carbocycles. The van der Waals surface area contributed by atoms with Crippen LogP contribution >= 0.6 is 0 Å². The van der Waals surface area contributed by atoms with Gasteiger partial charge in [-0.2, -0.15) is 0 Å². The summed E-state index contributed by atoms with van der Waals surface area (Å²) in [4.78, 5) is 14.9. The van der Waals surface area contributed by atoms with Gasteiger partial charge in [0.1, 0.15) is 0 Å². The third-order valence-electron chi connectivity index (χ3n) is 6.88. The summed E-state index contributed by atoms with van der Waals surface area (Å²) in [7, 11) is 0. The summed E-state index contributed by atoms with van der Waals surface area (Å²) < 4.78 is 5.72. The van der Waals surface area contributed by atoms with E-state index in [1.54, 1.807) is 0 Å². The second kappa shape index (κ2) is 26.0. The number of hydrogen-bond acceptors (Lipinski definition) is 3. The van der Waals surface area contributed by atoms with Gasteiger partial charge in [-0.05, 0) is 64.1 Å². The fraction of sp³-hybridized carbons (Fsp3) is 0.967. The second-order valence-corrected chi connectivity index (χ2v) is 10.3. The molecule has 0 radical (unpaired) electrons. The maximum Gasteiger partial charge on any atom is 0.305 e. The van der Waals surface area contributed by atoms with Crippen LogP contribution in [0.15, 0.2) is 0 Å². The van der Waals surface area contributed by atoms with Gasteiger partial charge < -0.3 is 9.64 Å². The van der Waals surface area contributed by atoms with Gasteiger partial charge in [0.05, 0.1) is 6.61 Å². The van der Waals surface area contributed by atoms with E-state index in [-0.39, 0.29) is 5.97 Å². The Bertz CT molecular complexity index is 399. The Morgan fingerprint density at radius 2 is 1.09 bits per heavy atom. The zero-order valence-electron chi connectivity index (χ0n) is 23.3.